The van der Waals surface area contributed by atoms with E-state index in [-0.39, 0.29) is 33.3 Å². The van der Waals surface area contributed by atoms with Crippen LogP contribution in [-0.2, 0) is 9.59 Å². The third-order valence-corrected chi connectivity index (χ3v) is 5.64. The monoisotopic (exact) mass is 486 g/mol. The van der Waals surface area contributed by atoms with E-state index in [9.17, 15) is 23.5 Å². The Morgan fingerprint density at radius 1 is 1.09 bits per heavy atom. The average Bonchev–Trinajstić information content (AvgIpc) is 3.09. The standard InChI is InChI=1S/C24H17ClF2N2O5/c1-33-18-10-19(34-2)15(25)9-14(18)22(30)20-21(12-4-3-7-28-11-12)29(24(32)23(20)31)17-6-5-13(26)8-16(17)27/h3-11,21,30H,1-2H3/b22-20+. The van der Waals surface area contributed by atoms with Crippen molar-refractivity contribution in [3.8, 4) is 11.5 Å². The van der Waals surface area contributed by atoms with Crippen molar-refractivity contribution in [2.75, 3.05) is 19.1 Å². The van der Waals surface area contributed by atoms with Gasteiger partial charge in [0.2, 0.25) is 0 Å². The highest BCUT2D eigenvalue weighted by atomic mass is 35.5. The summed E-state index contributed by atoms with van der Waals surface area (Å²) in [4.78, 5) is 31.1. The second-order valence-electron chi connectivity index (χ2n) is 7.24. The summed E-state index contributed by atoms with van der Waals surface area (Å²) in [6, 6.07) is 7.19. The van der Waals surface area contributed by atoms with Crippen molar-refractivity contribution in [1.29, 1.82) is 0 Å². The number of nitrogens with zero attached hydrogens (tertiary/aromatic N) is 2. The van der Waals surface area contributed by atoms with Crippen molar-refractivity contribution >= 4 is 34.7 Å². The van der Waals surface area contributed by atoms with Crippen LogP contribution < -0.4 is 14.4 Å². The molecule has 1 aromatic heterocycles. The minimum Gasteiger partial charge on any atom is -0.507 e. The molecular weight excluding hydrogens is 470 g/mol. The van der Waals surface area contributed by atoms with Crippen molar-refractivity contribution in [2.24, 2.45) is 0 Å². The Hall–Kier alpha value is -3.98. The van der Waals surface area contributed by atoms with E-state index < -0.39 is 35.1 Å². The van der Waals surface area contributed by atoms with Gasteiger partial charge in [0.25, 0.3) is 11.7 Å². The summed E-state index contributed by atoms with van der Waals surface area (Å²) in [7, 11) is 2.73. The lowest BCUT2D eigenvalue weighted by atomic mass is 9.95. The summed E-state index contributed by atoms with van der Waals surface area (Å²) in [6.45, 7) is 0. The number of aliphatic hydroxyl groups is 1. The molecule has 7 nitrogen and oxygen atoms in total. The molecule has 0 spiro atoms. The Balaban J connectivity index is 2.00. The lowest BCUT2D eigenvalue weighted by Gasteiger charge is -2.25. The fourth-order valence-corrected chi connectivity index (χ4v) is 4.04. The van der Waals surface area contributed by atoms with Crippen LogP contribution in [0.2, 0.25) is 5.02 Å². The van der Waals surface area contributed by atoms with Gasteiger partial charge in [-0.3, -0.25) is 19.5 Å². The first kappa shape index (κ1) is 23.2. The first-order valence-electron chi connectivity index (χ1n) is 9.86. The average molecular weight is 487 g/mol. The van der Waals surface area contributed by atoms with Gasteiger partial charge in [-0.15, -0.1) is 0 Å². The summed E-state index contributed by atoms with van der Waals surface area (Å²) < 4.78 is 38.7. The van der Waals surface area contributed by atoms with Gasteiger partial charge in [-0.2, -0.15) is 0 Å². The molecule has 1 saturated heterocycles. The lowest BCUT2D eigenvalue weighted by molar-refractivity contribution is -0.132. The number of benzene rings is 2. The van der Waals surface area contributed by atoms with E-state index in [1.54, 1.807) is 12.1 Å². The maximum absolute atomic E-state index is 14.7. The molecule has 174 valence electrons. The molecule has 4 rings (SSSR count). The predicted molar refractivity (Wildman–Crippen MR) is 120 cm³/mol. The molecule has 1 atom stereocenters. The SMILES string of the molecule is COc1cc(OC)c(/C(O)=C2\C(=O)C(=O)N(c3ccc(F)cc3F)C2c2cccnc2)cc1Cl. The van der Waals surface area contributed by atoms with Crippen LogP contribution in [0.15, 0.2) is 60.4 Å². The molecule has 1 unspecified atom stereocenters. The van der Waals surface area contributed by atoms with Gasteiger partial charge in [-0.05, 0) is 29.8 Å². The van der Waals surface area contributed by atoms with Gasteiger partial charge >= 0.3 is 0 Å². The topological polar surface area (TPSA) is 89.0 Å². The zero-order valence-corrected chi connectivity index (χ0v) is 18.6. The molecule has 34 heavy (non-hydrogen) atoms. The van der Waals surface area contributed by atoms with Crippen LogP contribution in [0.4, 0.5) is 14.5 Å². The van der Waals surface area contributed by atoms with Crippen molar-refractivity contribution in [1.82, 2.24) is 4.98 Å². The van der Waals surface area contributed by atoms with Gasteiger partial charge in [-0.25, -0.2) is 8.78 Å². The van der Waals surface area contributed by atoms with Gasteiger partial charge in [0.1, 0.15) is 28.9 Å². The van der Waals surface area contributed by atoms with Gasteiger partial charge in [0.05, 0.1) is 42.1 Å². The Labute approximate surface area is 197 Å². The fourth-order valence-electron chi connectivity index (χ4n) is 3.80. The van der Waals surface area contributed by atoms with Gasteiger partial charge in [-0.1, -0.05) is 17.7 Å². The van der Waals surface area contributed by atoms with Crippen LogP contribution >= 0.6 is 11.6 Å². The lowest BCUT2D eigenvalue weighted by Crippen LogP contribution is -2.30. The second-order valence-corrected chi connectivity index (χ2v) is 7.65. The second kappa shape index (κ2) is 9.11. The Morgan fingerprint density at radius 2 is 1.82 bits per heavy atom. The summed E-state index contributed by atoms with van der Waals surface area (Å²) in [5, 5.41) is 11.4. The van der Waals surface area contributed by atoms with E-state index in [4.69, 9.17) is 21.1 Å². The molecule has 1 aliphatic rings. The van der Waals surface area contributed by atoms with E-state index >= 15 is 0 Å². The summed E-state index contributed by atoms with van der Waals surface area (Å²) in [6.07, 6.45) is 2.84. The van der Waals surface area contributed by atoms with Gasteiger partial charge in [0.15, 0.2) is 0 Å². The number of carbonyl (C=O) groups is 2. The summed E-state index contributed by atoms with van der Waals surface area (Å²) in [5.74, 6) is -4.33. The van der Waals surface area contributed by atoms with E-state index in [1.165, 1.54) is 38.7 Å². The number of methoxy groups -OCH3 is 2. The van der Waals surface area contributed by atoms with E-state index in [0.717, 1.165) is 17.0 Å². The van der Waals surface area contributed by atoms with Crippen molar-refractivity contribution in [3.05, 3.63) is 88.2 Å². The number of aliphatic hydroxyl groups excluding tert-OH is 1. The van der Waals surface area contributed by atoms with Crippen molar-refractivity contribution < 1.29 is 33.0 Å². The first-order chi connectivity index (χ1) is 16.3. The predicted octanol–water partition coefficient (Wildman–Crippen LogP) is 4.66. The molecule has 0 saturated carbocycles. The number of Topliss-reactive ketones (excluding diaryl/α,β-unsaturated/α-hetero) is 1. The third-order valence-electron chi connectivity index (χ3n) is 5.34. The number of aromatic nitrogens is 1. The molecule has 2 heterocycles. The molecule has 0 radical (unpaired) electrons. The number of hydrogen-bond donors (Lipinski definition) is 1. The number of halogens is 3. The molecule has 10 heteroatoms. The number of rotatable bonds is 5. The highest BCUT2D eigenvalue weighted by molar-refractivity contribution is 6.51. The van der Waals surface area contributed by atoms with Crippen LogP contribution in [0.25, 0.3) is 5.76 Å². The molecule has 2 aromatic carbocycles. The number of amides is 1. The van der Waals surface area contributed by atoms with Gasteiger partial charge in [0, 0.05) is 24.5 Å². The summed E-state index contributed by atoms with van der Waals surface area (Å²) in [5.41, 5.74) is -0.359. The van der Waals surface area contributed by atoms with Gasteiger partial charge < -0.3 is 14.6 Å². The Morgan fingerprint density at radius 3 is 2.44 bits per heavy atom. The Kier molecular flexibility index (Phi) is 6.21. The highest BCUT2D eigenvalue weighted by Crippen LogP contribution is 2.45. The van der Waals surface area contributed by atoms with Crippen LogP contribution in [0.3, 0.4) is 0 Å². The van der Waals surface area contributed by atoms with E-state index in [0.29, 0.717) is 11.6 Å². The summed E-state index contributed by atoms with van der Waals surface area (Å²) >= 11 is 6.22. The minimum atomic E-state index is -1.26. The number of anilines is 1. The quantitative estimate of drug-likeness (QED) is 0.320. The van der Waals surface area contributed by atoms with Crippen LogP contribution in [0.5, 0.6) is 11.5 Å². The van der Waals surface area contributed by atoms with E-state index in [1.807, 2.05) is 0 Å². The molecule has 1 fully saturated rings. The number of ether oxygens (including phenoxy) is 2. The molecule has 1 amide bonds. The zero-order chi connectivity index (χ0) is 24.6. The molecular formula is C24H17ClF2N2O5. The number of carbonyl (C=O) groups excluding carboxylic acids is 2. The van der Waals surface area contributed by atoms with Crippen LogP contribution in [-0.4, -0.2) is 36.0 Å². The number of ketones is 1. The minimum absolute atomic E-state index is 0.0137. The maximum atomic E-state index is 14.7. The Bertz CT molecular complexity index is 1330. The molecule has 1 aliphatic heterocycles. The number of hydrogen-bond acceptors (Lipinski definition) is 6. The molecule has 1 N–H and O–H groups in total. The third kappa shape index (κ3) is 3.84. The van der Waals surface area contributed by atoms with Crippen LogP contribution in [0, 0.1) is 11.6 Å². The maximum Gasteiger partial charge on any atom is 0.300 e. The zero-order valence-electron chi connectivity index (χ0n) is 17.9. The van der Waals surface area contributed by atoms with Crippen molar-refractivity contribution in [2.45, 2.75) is 6.04 Å². The van der Waals surface area contributed by atoms with Crippen LogP contribution in [0.1, 0.15) is 17.2 Å². The molecule has 3 aromatic rings. The van der Waals surface area contributed by atoms with E-state index in [2.05, 4.69) is 4.98 Å². The highest BCUT2D eigenvalue weighted by Gasteiger charge is 2.48. The smallest absolute Gasteiger partial charge is 0.300 e. The largest absolute Gasteiger partial charge is 0.507 e. The first-order valence-corrected chi connectivity index (χ1v) is 10.2. The molecule has 0 bridgehead atoms. The normalized spacial score (nSPS) is 17.2. The molecule has 0 aliphatic carbocycles. The van der Waals surface area contributed by atoms with Crippen molar-refractivity contribution in [3.63, 3.8) is 0 Å². The fraction of sp³-hybridized carbons (Fsp3) is 0.125. The number of pyridine rings is 1.